The first kappa shape index (κ1) is 13.1. The van der Waals surface area contributed by atoms with Crippen LogP contribution in [0.15, 0.2) is 29.2 Å². The van der Waals surface area contributed by atoms with Crippen LogP contribution in [0.3, 0.4) is 0 Å². The van der Waals surface area contributed by atoms with E-state index in [2.05, 4.69) is 25.9 Å². The molecule has 0 saturated heterocycles. The van der Waals surface area contributed by atoms with Crippen LogP contribution in [-0.2, 0) is 0 Å². The van der Waals surface area contributed by atoms with E-state index < -0.39 is 0 Å². The number of anilines is 1. The summed E-state index contributed by atoms with van der Waals surface area (Å²) < 4.78 is 0. The Kier molecular flexibility index (Phi) is 3.96. The summed E-state index contributed by atoms with van der Waals surface area (Å²) in [5, 5.41) is 16.5. The van der Waals surface area contributed by atoms with Gasteiger partial charge in [-0.1, -0.05) is 25.0 Å². The molecule has 1 aromatic carbocycles. The summed E-state index contributed by atoms with van der Waals surface area (Å²) in [4.78, 5) is 13.1. The van der Waals surface area contributed by atoms with Gasteiger partial charge in [0.15, 0.2) is 0 Å². The average Bonchev–Trinajstić information content (AvgIpc) is 3.13. The molecule has 2 aromatic rings. The maximum atomic E-state index is 12.0. The van der Waals surface area contributed by atoms with Crippen LogP contribution in [0.4, 0.5) is 5.69 Å². The molecule has 1 amide bonds. The Morgan fingerprint density at radius 3 is 2.85 bits per heavy atom. The molecule has 0 radical (unpaired) electrons. The van der Waals surface area contributed by atoms with Crippen LogP contribution < -0.4 is 5.32 Å². The molecule has 0 atom stereocenters. The number of nitrogens with one attached hydrogen (secondary N) is 2. The maximum Gasteiger partial charge on any atom is 0.297 e. The highest BCUT2D eigenvalue weighted by atomic mass is 32.2. The normalized spacial score (nSPS) is 15.4. The molecule has 3 rings (SSSR count). The van der Waals surface area contributed by atoms with Crippen LogP contribution in [0.25, 0.3) is 0 Å². The minimum atomic E-state index is -0.349. The Bertz CT molecular complexity index is 580. The van der Waals surface area contributed by atoms with E-state index in [0.717, 1.165) is 10.6 Å². The molecule has 1 saturated carbocycles. The van der Waals surface area contributed by atoms with Gasteiger partial charge in [0.2, 0.25) is 0 Å². The van der Waals surface area contributed by atoms with Crippen molar-refractivity contribution < 1.29 is 4.79 Å². The zero-order chi connectivity index (χ0) is 13.8. The third-order valence-electron chi connectivity index (χ3n) is 3.28. The lowest BCUT2D eigenvalue weighted by Gasteiger charge is -2.13. The lowest BCUT2D eigenvalue weighted by molar-refractivity contribution is 0.101. The topological polar surface area (TPSA) is 83.6 Å². The monoisotopic (exact) mass is 289 g/mol. The van der Waals surface area contributed by atoms with Gasteiger partial charge in [-0.2, -0.15) is 5.21 Å². The second-order valence-electron chi connectivity index (χ2n) is 4.71. The van der Waals surface area contributed by atoms with E-state index in [1.807, 2.05) is 36.0 Å². The molecular weight excluding hydrogens is 274 g/mol. The minimum Gasteiger partial charge on any atom is -0.318 e. The van der Waals surface area contributed by atoms with Gasteiger partial charge in [0.25, 0.3) is 11.7 Å². The second-order valence-corrected chi connectivity index (χ2v) is 6.05. The summed E-state index contributed by atoms with van der Waals surface area (Å²) in [6.45, 7) is 0. The third kappa shape index (κ3) is 2.98. The van der Waals surface area contributed by atoms with Crippen molar-refractivity contribution >= 4 is 23.4 Å². The number of thioether (sulfide) groups is 1. The Balaban J connectivity index is 1.73. The van der Waals surface area contributed by atoms with Gasteiger partial charge >= 0.3 is 0 Å². The molecule has 1 aromatic heterocycles. The number of tetrazole rings is 1. The van der Waals surface area contributed by atoms with E-state index in [1.165, 1.54) is 25.7 Å². The standard InChI is InChI=1S/C13H15N5OS/c19-13(12-15-17-18-16-12)14-10-7-3-4-8-11(10)20-9-5-1-2-6-9/h3-4,7-9H,1-2,5-6H2,(H,14,19)(H,15,16,17,18). The number of rotatable bonds is 4. The van der Waals surface area contributed by atoms with Crippen molar-refractivity contribution in [3.63, 3.8) is 0 Å². The van der Waals surface area contributed by atoms with Gasteiger partial charge in [-0.15, -0.1) is 22.0 Å². The lowest BCUT2D eigenvalue weighted by Crippen LogP contribution is -2.14. The highest BCUT2D eigenvalue weighted by molar-refractivity contribution is 8.00. The van der Waals surface area contributed by atoms with Gasteiger partial charge in [-0.25, -0.2) is 0 Å². The van der Waals surface area contributed by atoms with Crippen molar-refractivity contribution in [2.45, 2.75) is 35.8 Å². The summed E-state index contributed by atoms with van der Waals surface area (Å²) in [5.41, 5.74) is 0.805. The number of aromatic nitrogens is 4. The van der Waals surface area contributed by atoms with Crippen LogP contribution in [0, 0.1) is 0 Å². The highest BCUT2D eigenvalue weighted by Crippen LogP contribution is 2.37. The molecule has 1 heterocycles. The van der Waals surface area contributed by atoms with Gasteiger partial charge in [0, 0.05) is 10.1 Å². The first-order chi connectivity index (χ1) is 9.83. The highest BCUT2D eigenvalue weighted by Gasteiger charge is 2.19. The van der Waals surface area contributed by atoms with Crippen LogP contribution in [0.5, 0.6) is 0 Å². The number of hydrogen-bond donors (Lipinski definition) is 2. The number of amides is 1. The van der Waals surface area contributed by atoms with Crippen molar-refractivity contribution in [2.75, 3.05) is 5.32 Å². The smallest absolute Gasteiger partial charge is 0.297 e. The van der Waals surface area contributed by atoms with Crippen molar-refractivity contribution in [3.05, 3.63) is 30.1 Å². The predicted octanol–water partition coefficient (Wildman–Crippen LogP) is 2.49. The molecule has 2 N–H and O–H groups in total. The maximum absolute atomic E-state index is 12.0. The van der Waals surface area contributed by atoms with Gasteiger partial charge in [-0.05, 0) is 30.2 Å². The molecular formula is C13H15N5OS. The molecule has 7 heteroatoms. The lowest BCUT2D eigenvalue weighted by atomic mass is 10.3. The summed E-state index contributed by atoms with van der Waals surface area (Å²) in [6.07, 6.45) is 5.10. The number of para-hydroxylation sites is 1. The first-order valence-corrected chi connectivity index (χ1v) is 7.51. The molecule has 0 aliphatic heterocycles. The summed E-state index contributed by atoms with van der Waals surface area (Å²) in [7, 11) is 0. The number of H-pyrrole nitrogens is 1. The van der Waals surface area contributed by atoms with E-state index in [-0.39, 0.29) is 11.7 Å². The Morgan fingerprint density at radius 2 is 2.10 bits per heavy atom. The first-order valence-electron chi connectivity index (χ1n) is 6.63. The quantitative estimate of drug-likeness (QED) is 0.903. The van der Waals surface area contributed by atoms with Crippen molar-refractivity contribution in [3.8, 4) is 0 Å². The number of nitrogens with zero attached hydrogens (tertiary/aromatic N) is 3. The predicted molar refractivity (Wildman–Crippen MR) is 76.7 cm³/mol. The molecule has 0 bridgehead atoms. The number of hydrogen-bond acceptors (Lipinski definition) is 5. The molecule has 1 aliphatic rings. The number of carbonyl (C=O) groups is 1. The van der Waals surface area contributed by atoms with Gasteiger partial charge in [0.1, 0.15) is 0 Å². The number of carbonyl (C=O) groups excluding carboxylic acids is 1. The SMILES string of the molecule is O=C(Nc1ccccc1SC1CCCC1)c1nn[nH]n1. The fourth-order valence-corrected chi connectivity index (χ4v) is 3.63. The summed E-state index contributed by atoms with van der Waals surface area (Å²) in [5.74, 6) is -0.302. The van der Waals surface area contributed by atoms with E-state index in [9.17, 15) is 4.79 Å². The fraction of sp³-hybridized carbons (Fsp3) is 0.385. The molecule has 104 valence electrons. The average molecular weight is 289 g/mol. The van der Waals surface area contributed by atoms with E-state index in [0.29, 0.717) is 5.25 Å². The summed E-state index contributed by atoms with van der Waals surface area (Å²) >= 11 is 1.84. The zero-order valence-corrected chi connectivity index (χ0v) is 11.7. The van der Waals surface area contributed by atoms with E-state index >= 15 is 0 Å². The molecule has 1 fully saturated rings. The molecule has 0 unspecified atom stereocenters. The van der Waals surface area contributed by atoms with Crippen LogP contribution in [0.1, 0.15) is 36.3 Å². The molecule has 1 aliphatic carbocycles. The van der Waals surface area contributed by atoms with Crippen LogP contribution in [0.2, 0.25) is 0 Å². The molecule has 20 heavy (non-hydrogen) atoms. The van der Waals surface area contributed by atoms with Crippen molar-refractivity contribution in [2.24, 2.45) is 0 Å². The van der Waals surface area contributed by atoms with Crippen LogP contribution >= 0.6 is 11.8 Å². The van der Waals surface area contributed by atoms with E-state index in [1.54, 1.807) is 0 Å². The Hall–Kier alpha value is -1.89. The molecule has 0 spiro atoms. The van der Waals surface area contributed by atoms with Gasteiger partial charge in [0.05, 0.1) is 5.69 Å². The van der Waals surface area contributed by atoms with Gasteiger partial charge < -0.3 is 5.32 Å². The van der Waals surface area contributed by atoms with Crippen LogP contribution in [-0.4, -0.2) is 31.8 Å². The number of benzene rings is 1. The third-order valence-corrected chi connectivity index (χ3v) is 4.69. The minimum absolute atomic E-state index is 0.0469. The second kappa shape index (κ2) is 6.04. The van der Waals surface area contributed by atoms with E-state index in [4.69, 9.17) is 0 Å². The van der Waals surface area contributed by atoms with Crippen molar-refractivity contribution in [1.82, 2.24) is 20.6 Å². The molecule has 6 nitrogen and oxygen atoms in total. The van der Waals surface area contributed by atoms with Crippen molar-refractivity contribution in [1.29, 1.82) is 0 Å². The largest absolute Gasteiger partial charge is 0.318 e. The fourth-order valence-electron chi connectivity index (χ4n) is 2.29. The number of aromatic amines is 1. The van der Waals surface area contributed by atoms with Gasteiger partial charge in [-0.3, -0.25) is 4.79 Å². The Morgan fingerprint density at radius 1 is 1.30 bits per heavy atom. The zero-order valence-electron chi connectivity index (χ0n) is 10.9. The summed E-state index contributed by atoms with van der Waals surface area (Å²) in [6, 6.07) is 7.83. The Labute approximate surface area is 120 Å².